The average Bonchev–Trinajstić information content (AvgIpc) is 1.56. The molecule has 0 saturated carbocycles. The summed E-state index contributed by atoms with van der Waals surface area (Å²) >= 11 is 0. The molecule has 0 radical (unpaired) electrons. The summed E-state index contributed by atoms with van der Waals surface area (Å²) in [5.41, 5.74) is 33.9. The van der Waals surface area contributed by atoms with E-state index in [0.717, 1.165) is 88.4 Å². The van der Waals surface area contributed by atoms with Gasteiger partial charge in [-0.25, -0.2) is 0 Å². The molecule has 0 saturated heterocycles. The maximum Gasteiger partial charge on any atom is 0.159 e. The van der Waals surface area contributed by atoms with Gasteiger partial charge in [-0.2, -0.15) is 0 Å². The number of nitrogens with zero attached hydrogens (tertiary/aromatic N) is 6. The summed E-state index contributed by atoms with van der Waals surface area (Å²) in [7, 11) is 0. The third kappa shape index (κ3) is 11.9. The van der Waals surface area contributed by atoms with E-state index in [1.165, 1.54) is 176 Å². The molecule has 630 valence electrons. The summed E-state index contributed by atoms with van der Waals surface area (Å²) in [5.74, 6) is 0. The Morgan fingerprint density at radius 2 is 0.363 bits per heavy atom. The zero-order valence-electron chi connectivity index (χ0n) is 72.9. The van der Waals surface area contributed by atoms with Gasteiger partial charge in [-0.1, -0.05) is 267 Å². The number of hydrogen-bond acceptors (Lipinski definition) is 3. The molecule has 9 heteroatoms. The molecule has 0 aliphatic rings. The van der Waals surface area contributed by atoms with Gasteiger partial charge in [0.2, 0.25) is 0 Å². The molecule has 0 amide bonds. The maximum absolute atomic E-state index is 6.49. The number of benzene rings is 21. The van der Waals surface area contributed by atoms with Crippen LogP contribution in [0.5, 0.6) is 0 Å². The van der Waals surface area contributed by atoms with E-state index in [1.807, 2.05) is 36.4 Å². The van der Waals surface area contributed by atoms with Crippen LogP contribution >= 0.6 is 0 Å². The van der Waals surface area contributed by atoms with E-state index in [2.05, 4.69) is 464 Å². The number of para-hydroxylation sites is 13. The van der Waals surface area contributed by atoms with Crippen LogP contribution in [0, 0.1) is 0 Å². The van der Waals surface area contributed by atoms with Crippen molar-refractivity contribution in [2.24, 2.45) is 0 Å². The Labute approximate surface area is 772 Å². The van der Waals surface area contributed by atoms with Crippen LogP contribution in [0.2, 0.25) is 0 Å². The normalized spacial score (nSPS) is 12.0. The third-order valence-electron chi connectivity index (χ3n) is 27.9. The Morgan fingerprint density at radius 3 is 0.733 bits per heavy atom. The first-order valence-corrected chi connectivity index (χ1v) is 46.1. The highest BCUT2D eigenvalue weighted by molar-refractivity contribution is 6.19. The summed E-state index contributed by atoms with van der Waals surface area (Å²) in [4.78, 5) is 0. The van der Waals surface area contributed by atoms with Gasteiger partial charge >= 0.3 is 0 Å². The summed E-state index contributed by atoms with van der Waals surface area (Å²) in [6.45, 7) is 0. The quantitative estimate of drug-likeness (QED) is 0.145. The van der Waals surface area contributed by atoms with Crippen molar-refractivity contribution in [3.63, 3.8) is 0 Å². The molecule has 9 nitrogen and oxygen atoms in total. The molecule has 9 heterocycles. The van der Waals surface area contributed by atoms with Crippen LogP contribution in [0.25, 0.3) is 264 Å². The molecule has 0 unspecified atom stereocenters. The Morgan fingerprint density at radius 1 is 0.119 bits per heavy atom. The minimum absolute atomic E-state index is 0.902. The monoisotopic (exact) mass is 1720 g/mol. The Bertz CT molecular complexity index is 10100. The lowest BCUT2D eigenvalue weighted by Crippen LogP contribution is -1.94. The fourth-order valence-corrected chi connectivity index (χ4v) is 21.9. The van der Waals surface area contributed by atoms with E-state index in [1.54, 1.807) is 0 Å². The summed E-state index contributed by atoms with van der Waals surface area (Å²) < 4.78 is 33.1. The van der Waals surface area contributed by atoms with Crippen molar-refractivity contribution in [1.82, 2.24) is 27.4 Å². The van der Waals surface area contributed by atoms with Gasteiger partial charge in [0.05, 0.1) is 71.9 Å². The van der Waals surface area contributed by atoms with Gasteiger partial charge < -0.3 is 40.7 Å². The lowest BCUT2D eigenvalue weighted by atomic mass is 10.0. The molecule has 0 atom stereocenters. The number of fused-ring (bicyclic) bond motifs is 27. The Kier molecular flexibility index (Phi) is 17.0. The van der Waals surface area contributed by atoms with Crippen molar-refractivity contribution in [3.8, 4) is 67.5 Å². The van der Waals surface area contributed by atoms with Crippen LogP contribution in [0.3, 0.4) is 0 Å². The molecule has 9 aromatic heterocycles. The Balaban J connectivity index is 0.000000101. The molecule has 0 N–H and O–H groups in total. The second kappa shape index (κ2) is 30.2. The highest BCUT2D eigenvalue weighted by Crippen LogP contribution is 2.47. The van der Waals surface area contributed by atoms with Gasteiger partial charge in [0.25, 0.3) is 0 Å². The van der Waals surface area contributed by atoms with Crippen LogP contribution < -0.4 is 0 Å². The molecule has 21 aromatic carbocycles. The number of aromatic nitrogens is 6. The van der Waals surface area contributed by atoms with Gasteiger partial charge in [-0.05, 0) is 234 Å². The van der Waals surface area contributed by atoms with Gasteiger partial charge in [-0.3, -0.25) is 0 Å². The summed E-state index contributed by atoms with van der Waals surface area (Å²) in [6.07, 6.45) is 0. The smallest absolute Gasteiger partial charge is 0.159 e. The summed E-state index contributed by atoms with van der Waals surface area (Å²) in [5, 5.41) is 21.8. The zero-order valence-corrected chi connectivity index (χ0v) is 72.9. The highest BCUT2D eigenvalue weighted by atomic mass is 16.3. The molecule has 0 bridgehead atoms. The lowest BCUT2D eigenvalue weighted by molar-refractivity contribution is 0.666. The molecular weight excluding hydrogens is 1650 g/mol. The fourth-order valence-electron chi connectivity index (χ4n) is 21.9. The second-order valence-electron chi connectivity index (χ2n) is 35.3. The first-order valence-electron chi connectivity index (χ1n) is 46.1. The van der Waals surface area contributed by atoms with Crippen LogP contribution in [0.4, 0.5) is 0 Å². The minimum atomic E-state index is 0.902. The molecule has 0 aliphatic carbocycles. The fraction of sp³-hybridized carbons (Fsp3) is 0. The molecule has 30 aromatic rings. The molecule has 0 spiro atoms. The number of furan rings is 3. The topological polar surface area (TPSA) is 69.0 Å². The van der Waals surface area contributed by atoms with Crippen molar-refractivity contribution in [1.29, 1.82) is 0 Å². The van der Waals surface area contributed by atoms with E-state index in [4.69, 9.17) is 13.3 Å². The molecule has 0 aliphatic heterocycles. The zero-order chi connectivity index (χ0) is 88.5. The maximum atomic E-state index is 6.49. The molecule has 135 heavy (non-hydrogen) atoms. The van der Waals surface area contributed by atoms with Crippen LogP contribution in [0.15, 0.2) is 486 Å². The minimum Gasteiger partial charge on any atom is -0.456 e. The molecule has 30 rings (SSSR count). The van der Waals surface area contributed by atoms with Crippen molar-refractivity contribution >= 4 is 197 Å². The lowest BCUT2D eigenvalue weighted by Gasteiger charge is -2.10. The van der Waals surface area contributed by atoms with Gasteiger partial charge in [0, 0.05) is 131 Å². The van der Waals surface area contributed by atoms with Crippen molar-refractivity contribution in [2.45, 2.75) is 0 Å². The first kappa shape index (κ1) is 75.8. The van der Waals surface area contributed by atoms with Crippen molar-refractivity contribution in [3.05, 3.63) is 473 Å². The Hall–Kier alpha value is -18.2. The van der Waals surface area contributed by atoms with Crippen LogP contribution in [0.1, 0.15) is 0 Å². The van der Waals surface area contributed by atoms with E-state index in [-0.39, 0.29) is 0 Å². The average molecular weight is 1720 g/mol. The van der Waals surface area contributed by atoms with Gasteiger partial charge in [0.1, 0.15) is 27.9 Å². The molecular formula is C126H78N6O3. The first-order chi connectivity index (χ1) is 67.0. The summed E-state index contributed by atoms with van der Waals surface area (Å²) in [6, 6.07) is 170. The van der Waals surface area contributed by atoms with Crippen LogP contribution in [-0.4, -0.2) is 27.4 Å². The van der Waals surface area contributed by atoms with E-state index < -0.39 is 0 Å². The molecule has 0 fully saturated rings. The second-order valence-corrected chi connectivity index (χ2v) is 35.3. The third-order valence-corrected chi connectivity index (χ3v) is 27.9. The van der Waals surface area contributed by atoms with Gasteiger partial charge in [0.15, 0.2) is 5.58 Å². The van der Waals surface area contributed by atoms with Crippen LogP contribution in [-0.2, 0) is 0 Å². The number of rotatable bonds is 9. The van der Waals surface area contributed by atoms with Crippen molar-refractivity contribution in [2.75, 3.05) is 0 Å². The van der Waals surface area contributed by atoms with Crippen molar-refractivity contribution < 1.29 is 13.3 Å². The number of hydrogen-bond donors (Lipinski definition) is 0. The largest absolute Gasteiger partial charge is 0.456 e. The van der Waals surface area contributed by atoms with E-state index >= 15 is 0 Å². The standard InChI is InChI=1S/3C42H26N2O/c1-2-11-29(12-3-1)43-36-17-7-4-13-30(36)34-25-27(21-23-38(34)43)28-22-24-39-35(26-28)31-14-5-8-18-37(31)44(39)40-19-10-16-33-32-15-6-9-20-41(32)45-42(33)40;1-2-10-29(11-3-1)43-37-15-7-4-12-31(37)35-24-27(18-22-39(35)43)28-19-23-40-36(25-28)32-13-5-8-16-38(32)44(40)30-20-21-34-33-14-6-9-17-41(33)45-42(34)26-30;1-2-10-29(11-3-1)43-37-15-7-4-12-31(37)34-24-27(18-21-39(34)43)28-19-22-40-35(25-28)32-13-5-8-16-38(32)44(40)30-20-23-42-36(26-30)33-14-6-9-17-41(33)45-42/h3*1-26H. The predicted molar refractivity (Wildman–Crippen MR) is 564 cm³/mol. The van der Waals surface area contributed by atoms with Gasteiger partial charge in [-0.15, -0.1) is 0 Å². The SMILES string of the molecule is c1ccc(-n2c3ccccc3c3cc(-c4ccc5c(c4)c4ccccc4n5-c4ccc5c(c4)oc4ccccc45)ccc32)cc1.c1ccc(-n2c3ccccc3c3cc(-c4ccc5c(c4)c4ccccc4n5-c4ccc5oc6ccccc6c5c4)ccc32)cc1.c1ccc(-n2c3ccccc3c3cc(-c4ccc5c(c4)c4ccccc4n5-c4cccc5c4oc4ccccc45)ccc32)cc1. The predicted octanol–water partition coefficient (Wildman–Crippen LogP) is 34.3. The van der Waals surface area contributed by atoms with E-state index in [9.17, 15) is 0 Å². The van der Waals surface area contributed by atoms with E-state index in [0.29, 0.717) is 0 Å². The highest BCUT2D eigenvalue weighted by Gasteiger charge is 2.25.